The van der Waals surface area contributed by atoms with Crippen LogP contribution in [-0.2, 0) is 24.1 Å². The Bertz CT molecular complexity index is 708. The molecule has 23 heavy (non-hydrogen) atoms. The number of thiophene rings is 1. The van der Waals surface area contributed by atoms with Crippen molar-refractivity contribution in [2.75, 3.05) is 0 Å². The van der Waals surface area contributed by atoms with E-state index in [0.29, 0.717) is 5.56 Å². The molecule has 0 radical (unpaired) electrons. The first-order valence-corrected chi connectivity index (χ1v) is 8.70. The monoisotopic (exact) mass is 329 g/mol. The molecule has 0 fully saturated rings. The average Bonchev–Trinajstić information content (AvgIpc) is 2.99. The first kappa shape index (κ1) is 15.7. The Morgan fingerprint density at radius 3 is 2.65 bits per heavy atom. The maximum Gasteiger partial charge on any atom is 0.326 e. The van der Waals surface area contributed by atoms with Gasteiger partial charge in [-0.25, -0.2) is 4.79 Å². The van der Waals surface area contributed by atoms with Crippen LogP contribution in [0, 0.1) is 0 Å². The molecule has 1 aliphatic carbocycles. The summed E-state index contributed by atoms with van der Waals surface area (Å²) < 4.78 is 0. The molecule has 1 aromatic heterocycles. The van der Waals surface area contributed by atoms with Crippen molar-refractivity contribution >= 4 is 23.2 Å². The number of carboxylic acid groups (broad SMARTS) is 1. The first-order valence-electron chi connectivity index (χ1n) is 7.82. The van der Waals surface area contributed by atoms with E-state index in [0.717, 1.165) is 30.4 Å². The zero-order valence-corrected chi connectivity index (χ0v) is 13.6. The largest absolute Gasteiger partial charge is 0.480 e. The summed E-state index contributed by atoms with van der Waals surface area (Å²) in [6, 6.07) is 8.44. The molecule has 0 spiro atoms. The van der Waals surface area contributed by atoms with E-state index in [1.807, 2.05) is 35.7 Å². The fourth-order valence-corrected chi connectivity index (χ4v) is 4.10. The average molecular weight is 329 g/mol. The van der Waals surface area contributed by atoms with Gasteiger partial charge in [0.25, 0.3) is 5.91 Å². The second kappa shape index (κ2) is 6.96. The third-order valence-electron chi connectivity index (χ3n) is 4.19. The smallest absolute Gasteiger partial charge is 0.326 e. The predicted molar refractivity (Wildman–Crippen MR) is 90.0 cm³/mol. The molecule has 4 nitrogen and oxygen atoms in total. The summed E-state index contributed by atoms with van der Waals surface area (Å²) in [4.78, 5) is 25.3. The number of aryl methyl sites for hydroxylation is 1. The van der Waals surface area contributed by atoms with Crippen molar-refractivity contribution in [2.24, 2.45) is 0 Å². The van der Waals surface area contributed by atoms with E-state index in [-0.39, 0.29) is 12.3 Å². The summed E-state index contributed by atoms with van der Waals surface area (Å²) in [6.45, 7) is 0. The van der Waals surface area contributed by atoms with Crippen LogP contribution in [0.2, 0.25) is 0 Å². The number of carbonyl (C=O) groups is 2. The van der Waals surface area contributed by atoms with Crippen molar-refractivity contribution in [2.45, 2.75) is 38.1 Å². The van der Waals surface area contributed by atoms with E-state index in [2.05, 4.69) is 5.32 Å². The summed E-state index contributed by atoms with van der Waals surface area (Å²) in [5, 5.41) is 14.0. The van der Waals surface area contributed by atoms with E-state index >= 15 is 0 Å². The van der Waals surface area contributed by atoms with E-state index in [1.54, 1.807) is 11.3 Å². The molecular formula is C18H19NO3S. The van der Waals surface area contributed by atoms with Crippen molar-refractivity contribution in [1.29, 1.82) is 0 Å². The third kappa shape index (κ3) is 3.62. The van der Waals surface area contributed by atoms with Crippen LogP contribution in [0.1, 0.15) is 39.2 Å². The number of hydrogen-bond acceptors (Lipinski definition) is 3. The molecule has 0 unspecified atom stereocenters. The van der Waals surface area contributed by atoms with Gasteiger partial charge in [0.05, 0.1) is 5.56 Å². The fraction of sp³-hybridized carbons (Fsp3) is 0.333. The van der Waals surface area contributed by atoms with Gasteiger partial charge in [0.2, 0.25) is 0 Å². The number of hydrogen-bond donors (Lipinski definition) is 2. The minimum absolute atomic E-state index is 0.271. The van der Waals surface area contributed by atoms with E-state index in [4.69, 9.17) is 0 Å². The molecule has 1 atom stereocenters. The van der Waals surface area contributed by atoms with Gasteiger partial charge in [0.15, 0.2) is 0 Å². The van der Waals surface area contributed by atoms with Crippen LogP contribution in [0.5, 0.6) is 0 Å². The zero-order chi connectivity index (χ0) is 16.2. The number of aliphatic carboxylic acids is 1. The molecule has 1 heterocycles. The topological polar surface area (TPSA) is 66.4 Å². The maximum atomic E-state index is 12.5. The molecule has 2 aromatic rings. The maximum absolute atomic E-state index is 12.5. The van der Waals surface area contributed by atoms with Gasteiger partial charge in [-0.15, -0.1) is 11.3 Å². The first-order chi connectivity index (χ1) is 11.1. The highest BCUT2D eigenvalue weighted by atomic mass is 32.1. The molecule has 3 rings (SSSR count). The molecule has 0 aliphatic heterocycles. The van der Waals surface area contributed by atoms with Crippen LogP contribution < -0.4 is 5.32 Å². The van der Waals surface area contributed by atoms with Crippen LogP contribution in [0.4, 0.5) is 0 Å². The Morgan fingerprint density at radius 1 is 1.17 bits per heavy atom. The number of nitrogens with one attached hydrogen (secondary N) is 1. The summed E-state index contributed by atoms with van der Waals surface area (Å²) >= 11 is 1.61. The molecule has 1 amide bonds. The number of amides is 1. The molecule has 2 N–H and O–H groups in total. The lowest BCUT2D eigenvalue weighted by Crippen LogP contribution is -2.42. The Kier molecular flexibility index (Phi) is 4.76. The lowest BCUT2D eigenvalue weighted by molar-refractivity contribution is -0.139. The number of rotatable bonds is 5. The highest BCUT2D eigenvalue weighted by Crippen LogP contribution is 2.30. The van der Waals surface area contributed by atoms with Crippen LogP contribution in [0.15, 0.2) is 35.7 Å². The van der Waals surface area contributed by atoms with Crippen LogP contribution in [0.25, 0.3) is 0 Å². The number of benzene rings is 1. The third-order valence-corrected chi connectivity index (χ3v) is 5.28. The van der Waals surface area contributed by atoms with Crippen LogP contribution in [0.3, 0.4) is 0 Å². The minimum Gasteiger partial charge on any atom is -0.480 e. The van der Waals surface area contributed by atoms with E-state index in [9.17, 15) is 14.7 Å². The van der Waals surface area contributed by atoms with Gasteiger partial charge in [0, 0.05) is 16.7 Å². The Hall–Kier alpha value is -2.14. The zero-order valence-electron chi connectivity index (χ0n) is 12.7. The van der Waals surface area contributed by atoms with Crippen molar-refractivity contribution in [1.82, 2.24) is 5.32 Å². The summed E-state index contributed by atoms with van der Waals surface area (Å²) in [5.74, 6) is -1.28. The van der Waals surface area contributed by atoms with E-state index < -0.39 is 12.0 Å². The highest BCUT2D eigenvalue weighted by molar-refractivity contribution is 7.10. The summed E-state index contributed by atoms with van der Waals surface area (Å²) in [5.41, 5.74) is 2.67. The van der Waals surface area contributed by atoms with Crippen molar-refractivity contribution in [3.8, 4) is 0 Å². The molecule has 1 aromatic carbocycles. The Morgan fingerprint density at radius 2 is 1.91 bits per heavy atom. The second-order valence-electron chi connectivity index (χ2n) is 5.81. The van der Waals surface area contributed by atoms with Gasteiger partial charge in [-0.1, -0.05) is 30.3 Å². The molecular weight excluding hydrogens is 310 g/mol. The lowest BCUT2D eigenvalue weighted by atomic mass is 9.95. The summed E-state index contributed by atoms with van der Waals surface area (Å²) in [7, 11) is 0. The van der Waals surface area contributed by atoms with Crippen LogP contribution >= 0.6 is 11.3 Å². The van der Waals surface area contributed by atoms with Crippen molar-refractivity contribution in [3.63, 3.8) is 0 Å². The molecule has 5 heteroatoms. The Labute approximate surface area is 139 Å². The lowest BCUT2D eigenvalue weighted by Gasteiger charge is -2.16. The fourth-order valence-electron chi connectivity index (χ4n) is 2.97. The molecule has 0 bridgehead atoms. The highest BCUT2D eigenvalue weighted by Gasteiger charge is 2.25. The normalized spacial score (nSPS) is 14.8. The Balaban J connectivity index is 1.74. The van der Waals surface area contributed by atoms with Crippen molar-refractivity contribution < 1.29 is 14.7 Å². The van der Waals surface area contributed by atoms with Crippen LogP contribution in [-0.4, -0.2) is 23.0 Å². The quantitative estimate of drug-likeness (QED) is 0.886. The number of carboxylic acids is 1. The number of carbonyl (C=O) groups excluding carboxylic acids is 1. The second-order valence-corrected chi connectivity index (χ2v) is 6.78. The number of fused-ring (bicyclic) bond motifs is 1. The van der Waals surface area contributed by atoms with Crippen molar-refractivity contribution in [3.05, 3.63) is 57.3 Å². The van der Waals surface area contributed by atoms with Gasteiger partial charge in [0.1, 0.15) is 6.04 Å². The predicted octanol–water partition coefficient (Wildman–Crippen LogP) is 3.05. The summed E-state index contributed by atoms with van der Waals surface area (Å²) in [6.07, 6.45) is 4.49. The standard InChI is InChI=1S/C18H19NO3S/c20-17(14-11-23-16-9-5-4-8-13(14)16)19-15(18(21)22)10-12-6-2-1-3-7-12/h1-3,6-7,11,15H,4-5,8-10H2,(H,19,20)(H,21,22)/t15-/m1/s1. The SMILES string of the molecule is O=C(N[C@H](Cc1ccccc1)C(=O)O)c1csc2c1CCCC2. The van der Waals surface area contributed by atoms with Gasteiger partial charge in [-0.3, -0.25) is 4.79 Å². The minimum atomic E-state index is -1.01. The molecule has 0 saturated heterocycles. The van der Waals surface area contributed by atoms with Gasteiger partial charge < -0.3 is 10.4 Å². The van der Waals surface area contributed by atoms with Gasteiger partial charge in [-0.05, 0) is 36.8 Å². The van der Waals surface area contributed by atoms with Gasteiger partial charge >= 0.3 is 5.97 Å². The van der Waals surface area contributed by atoms with E-state index in [1.165, 1.54) is 11.3 Å². The molecule has 1 aliphatic rings. The van der Waals surface area contributed by atoms with Gasteiger partial charge in [-0.2, -0.15) is 0 Å². The molecule has 120 valence electrons. The molecule has 0 saturated carbocycles.